The third kappa shape index (κ3) is 3.98. The first-order valence-corrected chi connectivity index (χ1v) is 11.3. The molecule has 8 nitrogen and oxygen atoms in total. The van der Waals surface area contributed by atoms with Gasteiger partial charge in [-0.05, 0) is 31.9 Å². The highest BCUT2D eigenvalue weighted by molar-refractivity contribution is 5.77. The third-order valence-electron chi connectivity index (χ3n) is 6.40. The molecule has 1 N–H and O–H groups in total. The van der Waals surface area contributed by atoms with Crippen molar-refractivity contribution >= 4 is 22.6 Å². The number of nitrogens with zero attached hydrogens (tertiary/aromatic N) is 6. The Hall–Kier alpha value is -3.26. The predicted octanol–water partition coefficient (Wildman–Crippen LogP) is 2.48. The first kappa shape index (κ1) is 20.6. The van der Waals surface area contributed by atoms with Crippen LogP contribution in [0.3, 0.4) is 0 Å². The topological polar surface area (TPSA) is 88.6 Å². The van der Waals surface area contributed by atoms with Crippen molar-refractivity contribution in [2.45, 2.75) is 45.3 Å². The van der Waals surface area contributed by atoms with Crippen molar-refractivity contribution in [3.05, 3.63) is 60.6 Å². The fourth-order valence-corrected chi connectivity index (χ4v) is 4.73. The Morgan fingerprint density at radius 1 is 1.22 bits per heavy atom. The van der Waals surface area contributed by atoms with E-state index < -0.39 is 6.10 Å². The minimum Gasteiger partial charge on any atom is -0.391 e. The van der Waals surface area contributed by atoms with Crippen LogP contribution in [0.15, 0.2) is 49.1 Å². The molecule has 2 atom stereocenters. The summed E-state index contributed by atoms with van der Waals surface area (Å²) in [4.78, 5) is 28.0. The number of carbonyl (C=O) groups excluding carboxylic acids is 1. The molecule has 0 radical (unpaired) electrons. The van der Waals surface area contributed by atoms with Crippen molar-refractivity contribution in [3.63, 3.8) is 0 Å². The number of hydrogen-bond donors (Lipinski definition) is 1. The molecule has 1 amide bonds. The van der Waals surface area contributed by atoms with Crippen LogP contribution < -0.4 is 0 Å². The van der Waals surface area contributed by atoms with Gasteiger partial charge < -0.3 is 19.0 Å². The highest BCUT2D eigenvalue weighted by atomic mass is 16.3. The molecule has 0 spiro atoms. The molecule has 4 heterocycles. The molecule has 0 saturated carbocycles. The number of aliphatic hydroxyl groups excluding tert-OH is 1. The summed E-state index contributed by atoms with van der Waals surface area (Å²) in [5.74, 6) is 1.13. The van der Waals surface area contributed by atoms with Gasteiger partial charge in [0.2, 0.25) is 5.91 Å². The molecule has 0 aliphatic carbocycles. The van der Waals surface area contributed by atoms with Crippen LogP contribution >= 0.6 is 0 Å². The molecule has 1 aliphatic heterocycles. The number of imidazole rings is 2. The number of hydrogen-bond acceptors (Lipinski definition) is 5. The van der Waals surface area contributed by atoms with Crippen molar-refractivity contribution < 1.29 is 9.90 Å². The van der Waals surface area contributed by atoms with E-state index >= 15 is 0 Å². The van der Waals surface area contributed by atoms with Gasteiger partial charge in [0.05, 0.1) is 29.0 Å². The van der Waals surface area contributed by atoms with Gasteiger partial charge in [-0.25, -0.2) is 9.97 Å². The summed E-state index contributed by atoms with van der Waals surface area (Å²) in [5.41, 5.74) is 3.84. The number of amides is 1. The second kappa shape index (κ2) is 8.70. The smallest absolute Gasteiger partial charge is 0.222 e. The van der Waals surface area contributed by atoms with Gasteiger partial charge >= 0.3 is 0 Å². The number of β-amino-alcohol motifs (C(OH)–C–C–N with tert-alkyl or cyclic N) is 1. The summed E-state index contributed by atoms with van der Waals surface area (Å²) in [6, 6.07) is 8.15. The van der Waals surface area contributed by atoms with E-state index in [-0.39, 0.29) is 11.8 Å². The van der Waals surface area contributed by atoms with E-state index in [9.17, 15) is 9.90 Å². The lowest BCUT2D eigenvalue weighted by molar-refractivity contribution is -0.130. The Morgan fingerprint density at radius 3 is 2.97 bits per heavy atom. The summed E-state index contributed by atoms with van der Waals surface area (Å²) in [6.07, 6.45) is 9.40. The average Bonchev–Trinajstić information content (AvgIpc) is 3.50. The minimum absolute atomic E-state index is 0.00305. The first-order chi connectivity index (χ1) is 15.6. The van der Waals surface area contributed by atoms with Gasteiger partial charge in [0, 0.05) is 57.0 Å². The van der Waals surface area contributed by atoms with Crippen molar-refractivity contribution in [1.29, 1.82) is 0 Å². The molecule has 5 rings (SSSR count). The number of aryl methyl sites for hydroxylation is 2. The Labute approximate surface area is 186 Å². The van der Waals surface area contributed by atoms with Crippen LogP contribution in [0.5, 0.6) is 0 Å². The first-order valence-electron chi connectivity index (χ1n) is 11.3. The van der Waals surface area contributed by atoms with Gasteiger partial charge in [-0.3, -0.25) is 9.78 Å². The van der Waals surface area contributed by atoms with Crippen molar-refractivity contribution in [3.8, 4) is 0 Å². The second-order valence-electron chi connectivity index (χ2n) is 8.52. The monoisotopic (exact) mass is 432 g/mol. The van der Waals surface area contributed by atoms with E-state index in [2.05, 4.69) is 27.5 Å². The van der Waals surface area contributed by atoms with E-state index in [4.69, 9.17) is 4.98 Å². The Kier molecular flexibility index (Phi) is 5.61. The SMILES string of the molecule is CCn1c(CCCC(=O)N2C[C@H](Cc3cn4ccnc4cn3)[C@H](O)C2)nc2ccccc21. The molecule has 4 aromatic rings. The molecule has 1 saturated heterocycles. The molecule has 32 heavy (non-hydrogen) atoms. The van der Waals surface area contributed by atoms with Crippen LogP contribution in [0.4, 0.5) is 0 Å². The Balaban J connectivity index is 1.17. The molecule has 0 bridgehead atoms. The van der Waals surface area contributed by atoms with Gasteiger partial charge in [-0.2, -0.15) is 0 Å². The minimum atomic E-state index is -0.525. The van der Waals surface area contributed by atoms with Gasteiger partial charge in [-0.1, -0.05) is 12.1 Å². The summed E-state index contributed by atoms with van der Waals surface area (Å²) >= 11 is 0. The molecular weight excluding hydrogens is 404 g/mol. The molecule has 0 unspecified atom stereocenters. The van der Waals surface area contributed by atoms with E-state index in [0.717, 1.165) is 47.6 Å². The van der Waals surface area contributed by atoms with Crippen LogP contribution in [0.2, 0.25) is 0 Å². The summed E-state index contributed by atoms with van der Waals surface area (Å²) in [7, 11) is 0. The number of rotatable bonds is 7. The maximum absolute atomic E-state index is 12.8. The van der Waals surface area contributed by atoms with Crippen molar-refractivity contribution in [2.24, 2.45) is 5.92 Å². The van der Waals surface area contributed by atoms with E-state index in [1.54, 1.807) is 17.3 Å². The molecule has 166 valence electrons. The molecular formula is C24H28N6O2. The van der Waals surface area contributed by atoms with E-state index in [1.165, 1.54) is 0 Å². The van der Waals surface area contributed by atoms with Crippen molar-refractivity contribution in [2.75, 3.05) is 13.1 Å². The van der Waals surface area contributed by atoms with Gasteiger partial charge in [0.1, 0.15) is 5.82 Å². The molecule has 1 aliphatic rings. The zero-order valence-corrected chi connectivity index (χ0v) is 18.3. The fourth-order valence-electron chi connectivity index (χ4n) is 4.73. The Bertz CT molecular complexity index is 1250. The van der Waals surface area contributed by atoms with Crippen molar-refractivity contribution in [1.82, 2.24) is 28.8 Å². The van der Waals surface area contributed by atoms with Crippen LogP contribution in [-0.2, 0) is 24.2 Å². The normalized spacial score (nSPS) is 18.8. The maximum atomic E-state index is 12.8. The standard InChI is InChI=1S/C24H28N6O2/c1-2-30-20-7-4-3-6-19(20)27-22(30)8-5-9-24(32)29-14-17(21(31)16-29)12-18-15-28-11-10-25-23(28)13-26-18/h3-4,6-7,10-11,13,15,17,21,31H,2,5,8-9,12,14,16H2,1H3/t17-,21+/m0/s1. The van der Waals surface area contributed by atoms with Crippen LogP contribution in [0.1, 0.15) is 31.3 Å². The highest BCUT2D eigenvalue weighted by Gasteiger charge is 2.34. The van der Waals surface area contributed by atoms with Gasteiger partial charge in [0.25, 0.3) is 0 Å². The predicted molar refractivity (Wildman–Crippen MR) is 121 cm³/mol. The van der Waals surface area contributed by atoms with E-state index in [0.29, 0.717) is 25.9 Å². The summed E-state index contributed by atoms with van der Waals surface area (Å²) in [6.45, 7) is 3.94. The second-order valence-corrected chi connectivity index (χ2v) is 8.52. The molecule has 8 heteroatoms. The van der Waals surface area contributed by atoms with Crippen LogP contribution in [-0.4, -0.2) is 59.0 Å². The average molecular weight is 433 g/mol. The summed E-state index contributed by atoms with van der Waals surface area (Å²) < 4.78 is 4.15. The number of benzene rings is 1. The number of fused-ring (bicyclic) bond motifs is 2. The number of para-hydroxylation sites is 2. The zero-order valence-electron chi connectivity index (χ0n) is 18.3. The third-order valence-corrected chi connectivity index (χ3v) is 6.40. The number of aliphatic hydroxyl groups is 1. The summed E-state index contributed by atoms with van der Waals surface area (Å²) in [5, 5.41) is 10.5. The fraction of sp³-hybridized carbons (Fsp3) is 0.417. The Morgan fingerprint density at radius 2 is 2.09 bits per heavy atom. The molecule has 1 fully saturated rings. The largest absolute Gasteiger partial charge is 0.391 e. The lowest BCUT2D eigenvalue weighted by atomic mass is 10.0. The molecule has 3 aromatic heterocycles. The lowest BCUT2D eigenvalue weighted by Crippen LogP contribution is -2.29. The quantitative estimate of drug-likeness (QED) is 0.485. The van der Waals surface area contributed by atoms with Gasteiger partial charge in [0.15, 0.2) is 5.65 Å². The number of aromatic nitrogens is 5. The van der Waals surface area contributed by atoms with Crippen LogP contribution in [0, 0.1) is 5.92 Å². The zero-order chi connectivity index (χ0) is 22.1. The van der Waals surface area contributed by atoms with Crippen LogP contribution in [0.25, 0.3) is 16.7 Å². The highest BCUT2D eigenvalue weighted by Crippen LogP contribution is 2.23. The number of carbonyl (C=O) groups is 1. The maximum Gasteiger partial charge on any atom is 0.222 e. The van der Waals surface area contributed by atoms with Gasteiger partial charge in [-0.15, -0.1) is 0 Å². The number of likely N-dealkylation sites (tertiary alicyclic amines) is 1. The van der Waals surface area contributed by atoms with E-state index in [1.807, 2.05) is 35.0 Å². The molecule has 1 aromatic carbocycles. The lowest BCUT2D eigenvalue weighted by Gasteiger charge is -2.16.